The van der Waals surface area contributed by atoms with E-state index in [1.807, 2.05) is 0 Å². The molecule has 1 fully saturated rings. The zero-order valence-electron chi connectivity index (χ0n) is 13.1. The second-order valence-corrected chi connectivity index (χ2v) is 6.25. The molecule has 0 aliphatic carbocycles. The average Bonchev–Trinajstić information content (AvgIpc) is 2.96. The van der Waals surface area contributed by atoms with E-state index in [1.165, 1.54) is 11.1 Å². The van der Waals surface area contributed by atoms with Crippen LogP contribution in [0.3, 0.4) is 0 Å². The molecule has 0 radical (unpaired) electrons. The minimum Gasteiger partial charge on any atom is -0.493 e. The Morgan fingerprint density at radius 3 is 3.00 bits per heavy atom. The van der Waals surface area contributed by atoms with Gasteiger partial charge in [0, 0.05) is 25.0 Å². The summed E-state index contributed by atoms with van der Waals surface area (Å²) >= 11 is 0. The number of hydrogen-bond acceptors (Lipinski definition) is 4. The van der Waals surface area contributed by atoms with Crippen molar-refractivity contribution in [2.24, 2.45) is 0 Å². The van der Waals surface area contributed by atoms with E-state index in [-0.39, 0.29) is 0 Å². The molecular formula is C17H26N2O2. The molecule has 0 saturated carbocycles. The van der Waals surface area contributed by atoms with Crippen molar-refractivity contribution < 1.29 is 9.47 Å². The first-order valence-corrected chi connectivity index (χ1v) is 7.96. The van der Waals surface area contributed by atoms with E-state index >= 15 is 0 Å². The molecule has 2 heterocycles. The zero-order chi connectivity index (χ0) is 14.7. The fourth-order valence-electron chi connectivity index (χ4n) is 3.36. The Hall–Kier alpha value is -1.10. The minimum atomic E-state index is 0.437. The van der Waals surface area contributed by atoms with E-state index in [0.717, 1.165) is 51.4 Å². The van der Waals surface area contributed by atoms with Crippen LogP contribution in [0.5, 0.6) is 5.75 Å². The standard InChI is InChI=1S/C17H26N2O2/c1-19(2)16(15-12-20-10-8-18-15)5-3-13-4-6-17-14(11-13)7-9-21-17/h4,6,11,15-16,18H,3,5,7-10,12H2,1-2H3. The fraction of sp³-hybridized carbons (Fsp3) is 0.647. The highest BCUT2D eigenvalue weighted by atomic mass is 16.5. The molecular weight excluding hydrogens is 264 g/mol. The van der Waals surface area contributed by atoms with Gasteiger partial charge in [0.25, 0.3) is 0 Å². The summed E-state index contributed by atoms with van der Waals surface area (Å²) < 4.78 is 11.2. The van der Waals surface area contributed by atoms with Crippen molar-refractivity contribution in [2.45, 2.75) is 31.3 Å². The van der Waals surface area contributed by atoms with Crippen molar-refractivity contribution in [1.82, 2.24) is 10.2 Å². The maximum atomic E-state index is 5.62. The molecule has 0 amide bonds. The van der Waals surface area contributed by atoms with Crippen LogP contribution in [0.25, 0.3) is 0 Å². The number of fused-ring (bicyclic) bond motifs is 1. The Labute approximate surface area is 127 Å². The Bertz CT molecular complexity index is 470. The second-order valence-electron chi connectivity index (χ2n) is 6.25. The summed E-state index contributed by atoms with van der Waals surface area (Å²) in [5.74, 6) is 1.07. The third-order valence-corrected chi connectivity index (χ3v) is 4.56. The highest BCUT2D eigenvalue weighted by Crippen LogP contribution is 2.26. The monoisotopic (exact) mass is 290 g/mol. The first kappa shape index (κ1) is 14.8. The SMILES string of the molecule is CN(C)C(CCc1ccc2c(c1)CCO2)C1COCCN1. The van der Waals surface area contributed by atoms with Crippen LogP contribution in [-0.2, 0) is 17.6 Å². The Kier molecular flexibility index (Phi) is 4.78. The third-order valence-electron chi connectivity index (χ3n) is 4.56. The molecule has 2 unspecified atom stereocenters. The van der Waals surface area contributed by atoms with Crippen LogP contribution in [0.4, 0.5) is 0 Å². The number of aryl methyl sites for hydroxylation is 1. The Morgan fingerprint density at radius 1 is 1.33 bits per heavy atom. The number of likely N-dealkylation sites (N-methyl/N-ethyl adjacent to an activating group) is 1. The van der Waals surface area contributed by atoms with Crippen molar-refractivity contribution in [3.63, 3.8) is 0 Å². The van der Waals surface area contributed by atoms with E-state index in [4.69, 9.17) is 9.47 Å². The average molecular weight is 290 g/mol. The van der Waals surface area contributed by atoms with Crippen molar-refractivity contribution in [1.29, 1.82) is 0 Å². The fourth-order valence-corrected chi connectivity index (χ4v) is 3.36. The van der Waals surface area contributed by atoms with Gasteiger partial charge in [-0.1, -0.05) is 12.1 Å². The van der Waals surface area contributed by atoms with Gasteiger partial charge in [-0.25, -0.2) is 0 Å². The molecule has 1 aromatic rings. The lowest BCUT2D eigenvalue weighted by Crippen LogP contribution is -2.53. The van der Waals surface area contributed by atoms with Gasteiger partial charge in [-0.05, 0) is 44.1 Å². The molecule has 0 aromatic heterocycles. The van der Waals surface area contributed by atoms with Crippen LogP contribution in [0, 0.1) is 0 Å². The molecule has 3 rings (SSSR count). The maximum absolute atomic E-state index is 5.62. The largest absolute Gasteiger partial charge is 0.493 e. The molecule has 1 saturated heterocycles. The summed E-state index contributed by atoms with van der Waals surface area (Å²) in [5.41, 5.74) is 2.79. The number of benzene rings is 1. The number of morpholine rings is 1. The predicted octanol–water partition coefficient (Wildman–Crippen LogP) is 1.47. The molecule has 116 valence electrons. The molecule has 2 atom stereocenters. The van der Waals surface area contributed by atoms with Gasteiger partial charge in [0.1, 0.15) is 5.75 Å². The summed E-state index contributed by atoms with van der Waals surface area (Å²) in [5, 5.41) is 3.59. The Balaban J connectivity index is 1.61. The summed E-state index contributed by atoms with van der Waals surface area (Å²) in [6.45, 7) is 3.45. The van der Waals surface area contributed by atoms with Gasteiger partial charge in [-0.15, -0.1) is 0 Å². The smallest absolute Gasteiger partial charge is 0.122 e. The second kappa shape index (κ2) is 6.77. The normalized spacial score (nSPS) is 22.9. The van der Waals surface area contributed by atoms with Crippen LogP contribution < -0.4 is 10.1 Å². The molecule has 1 N–H and O–H groups in total. The van der Waals surface area contributed by atoms with Gasteiger partial charge >= 0.3 is 0 Å². The van der Waals surface area contributed by atoms with Gasteiger partial charge in [-0.3, -0.25) is 0 Å². The highest BCUT2D eigenvalue weighted by molar-refractivity contribution is 5.39. The van der Waals surface area contributed by atoms with Crippen LogP contribution in [0.1, 0.15) is 17.5 Å². The molecule has 4 nitrogen and oxygen atoms in total. The molecule has 1 aromatic carbocycles. The van der Waals surface area contributed by atoms with E-state index < -0.39 is 0 Å². The van der Waals surface area contributed by atoms with Crippen LogP contribution in [-0.4, -0.2) is 57.4 Å². The molecule has 21 heavy (non-hydrogen) atoms. The Morgan fingerprint density at radius 2 is 2.24 bits per heavy atom. The van der Waals surface area contributed by atoms with Gasteiger partial charge in [0.2, 0.25) is 0 Å². The van der Waals surface area contributed by atoms with Crippen LogP contribution >= 0.6 is 0 Å². The van der Waals surface area contributed by atoms with Crippen LogP contribution in [0.15, 0.2) is 18.2 Å². The van der Waals surface area contributed by atoms with Gasteiger partial charge in [0.15, 0.2) is 0 Å². The summed E-state index contributed by atoms with van der Waals surface area (Å²) in [6, 6.07) is 7.60. The minimum absolute atomic E-state index is 0.437. The number of hydrogen-bond donors (Lipinski definition) is 1. The lowest BCUT2D eigenvalue weighted by molar-refractivity contribution is 0.0443. The molecule has 2 aliphatic rings. The summed E-state index contributed by atoms with van der Waals surface area (Å²) in [6.07, 6.45) is 3.31. The van der Waals surface area contributed by atoms with Crippen LogP contribution in [0.2, 0.25) is 0 Å². The first-order valence-electron chi connectivity index (χ1n) is 7.96. The number of nitrogens with zero attached hydrogens (tertiary/aromatic N) is 1. The first-order chi connectivity index (χ1) is 10.2. The molecule has 4 heteroatoms. The van der Waals surface area contributed by atoms with E-state index in [0.29, 0.717) is 12.1 Å². The van der Waals surface area contributed by atoms with Crippen molar-refractivity contribution >= 4 is 0 Å². The van der Waals surface area contributed by atoms with E-state index in [1.54, 1.807) is 0 Å². The lowest BCUT2D eigenvalue weighted by Gasteiger charge is -2.35. The van der Waals surface area contributed by atoms with E-state index in [2.05, 4.69) is 42.5 Å². The molecule has 0 bridgehead atoms. The topological polar surface area (TPSA) is 33.7 Å². The zero-order valence-corrected chi connectivity index (χ0v) is 13.1. The van der Waals surface area contributed by atoms with Gasteiger partial charge in [0.05, 0.1) is 19.8 Å². The van der Waals surface area contributed by atoms with Crippen molar-refractivity contribution in [3.8, 4) is 5.75 Å². The number of ether oxygens (including phenoxy) is 2. The third kappa shape index (κ3) is 3.57. The highest BCUT2D eigenvalue weighted by Gasteiger charge is 2.25. The van der Waals surface area contributed by atoms with E-state index in [9.17, 15) is 0 Å². The van der Waals surface area contributed by atoms with Crippen molar-refractivity contribution in [3.05, 3.63) is 29.3 Å². The van der Waals surface area contributed by atoms with Crippen molar-refractivity contribution in [2.75, 3.05) is 40.5 Å². The number of rotatable bonds is 5. The van der Waals surface area contributed by atoms with Gasteiger partial charge in [-0.2, -0.15) is 0 Å². The molecule has 2 aliphatic heterocycles. The summed E-state index contributed by atoms with van der Waals surface area (Å²) in [4.78, 5) is 2.32. The maximum Gasteiger partial charge on any atom is 0.122 e. The lowest BCUT2D eigenvalue weighted by atomic mass is 9.97. The van der Waals surface area contributed by atoms with Gasteiger partial charge < -0.3 is 19.7 Å². The predicted molar refractivity (Wildman–Crippen MR) is 84.0 cm³/mol. The quantitative estimate of drug-likeness (QED) is 0.890. The summed E-state index contributed by atoms with van der Waals surface area (Å²) in [7, 11) is 4.33. The molecule has 0 spiro atoms. The number of nitrogens with one attached hydrogen (secondary N) is 1.